The maximum atomic E-state index is 5.73. The molecule has 0 aromatic carbocycles. The van der Waals surface area contributed by atoms with Crippen molar-refractivity contribution < 1.29 is 18.9 Å². The van der Waals surface area contributed by atoms with Gasteiger partial charge >= 0.3 is 0 Å². The fraction of sp³-hybridized carbons (Fsp3) is 1.00. The zero-order valence-corrected chi connectivity index (χ0v) is 13.4. The third-order valence-electron chi connectivity index (χ3n) is 2.98. The highest BCUT2D eigenvalue weighted by Gasteiger charge is 2.36. The summed E-state index contributed by atoms with van der Waals surface area (Å²) >= 11 is 0. The van der Waals surface area contributed by atoms with Gasteiger partial charge in [0.15, 0.2) is 0 Å². The van der Waals surface area contributed by atoms with Crippen LogP contribution in [-0.4, -0.2) is 39.3 Å². The van der Waals surface area contributed by atoms with E-state index in [2.05, 4.69) is 19.2 Å². The van der Waals surface area contributed by atoms with Gasteiger partial charge < -0.3 is 18.9 Å². The quantitative estimate of drug-likeness (QED) is 0.439. The lowest BCUT2D eigenvalue weighted by Crippen LogP contribution is -2.60. The van der Waals surface area contributed by atoms with Crippen LogP contribution in [0.4, 0.5) is 0 Å². The summed E-state index contributed by atoms with van der Waals surface area (Å²) in [5, 5.41) is 3.14. The highest BCUT2D eigenvalue weighted by Crippen LogP contribution is 2.17. The van der Waals surface area contributed by atoms with E-state index in [1.165, 1.54) is 0 Å². The van der Waals surface area contributed by atoms with Gasteiger partial charge in [-0.25, -0.2) is 5.32 Å². The second kappa shape index (κ2) is 9.66. The molecule has 0 heterocycles. The molecular formula is C14H31NO4. The Balaban J connectivity index is 4.42. The van der Waals surface area contributed by atoms with Crippen molar-refractivity contribution in [2.45, 2.75) is 65.2 Å². The Kier molecular flexibility index (Phi) is 9.56. The average Bonchev–Trinajstić information content (AvgIpc) is 2.39. The van der Waals surface area contributed by atoms with Crippen LogP contribution in [0.2, 0.25) is 0 Å². The maximum absolute atomic E-state index is 5.73. The normalized spacial score (nSPS) is 18.0. The van der Waals surface area contributed by atoms with Crippen LogP contribution < -0.4 is 5.32 Å². The molecule has 0 bridgehead atoms. The standard InChI is InChI=1S/C14H31NO4/c1-7-9-11-18-13(3,16-5)15-14(4,17-6)19-12-10-8-2/h15H,7-12H2,1-6H3. The van der Waals surface area contributed by atoms with E-state index in [4.69, 9.17) is 18.9 Å². The second-order valence-corrected chi connectivity index (χ2v) is 4.83. The van der Waals surface area contributed by atoms with Gasteiger partial charge in [-0.2, -0.15) is 0 Å². The Hall–Kier alpha value is -0.200. The first kappa shape index (κ1) is 18.8. The molecule has 0 aliphatic carbocycles. The summed E-state index contributed by atoms with van der Waals surface area (Å²) in [6.07, 6.45) is 4.13. The van der Waals surface area contributed by atoms with E-state index in [-0.39, 0.29) is 0 Å². The maximum Gasteiger partial charge on any atom is 0.228 e. The predicted octanol–water partition coefficient (Wildman–Crippen LogP) is 2.85. The molecule has 5 heteroatoms. The lowest BCUT2D eigenvalue weighted by atomic mass is 10.3. The first-order valence-electron chi connectivity index (χ1n) is 7.12. The van der Waals surface area contributed by atoms with Crippen LogP contribution in [0.5, 0.6) is 0 Å². The smallest absolute Gasteiger partial charge is 0.228 e. The molecule has 0 aliphatic rings. The molecule has 0 fully saturated rings. The van der Waals surface area contributed by atoms with Crippen molar-refractivity contribution >= 4 is 0 Å². The summed E-state index contributed by atoms with van der Waals surface area (Å²) in [6.45, 7) is 9.14. The summed E-state index contributed by atoms with van der Waals surface area (Å²) in [5.74, 6) is -1.85. The van der Waals surface area contributed by atoms with Crippen molar-refractivity contribution in [3.05, 3.63) is 0 Å². The van der Waals surface area contributed by atoms with Crippen molar-refractivity contribution in [1.82, 2.24) is 5.32 Å². The first-order valence-corrected chi connectivity index (χ1v) is 7.12. The highest BCUT2D eigenvalue weighted by atomic mass is 16.7. The van der Waals surface area contributed by atoms with Gasteiger partial charge in [0.05, 0.1) is 13.2 Å². The monoisotopic (exact) mass is 277 g/mol. The minimum Gasteiger partial charge on any atom is -0.341 e. The Morgan fingerprint density at radius 2 is 1.16 bits per heavy atom. The molecule has 0 radical (unpaired) electrons. The number of unbranched alkanes of at least 4 members (excludes halogenated alkanes) is 2. The Bertz CT molecular complexity index is 205. The molecule has 0 aromatic heterocycles. The van der Waals surface area contributed by atoms with E-state index in [0.717, 1.165) is 25.7 Å². The molecule has 19 heavy (non-hydrogen) atoms. The molecule has 2 unspecified atom stereocenters. The number of hydrogen-bond acceptors (Lipinski definition) is 5. The number of ether oxygens (including phenoxy) is 4. The van der Waals surface area contributed by atoms with E-state index in [0.29, 0.717) is 13.2 Å². The molecule has 1 N–H and O–H groups in total. The fourth-order valence-electron chi connectivity index (χ4n) is 1.53. The Morgan fingerprint density at radius 1 is 0.789 bits per heavy atom. The van der Waals surface area contributed by atoms with Gasteiger partial charge in [-0.05, 0) is 12.8 Å². The van der Waals surface area contributed by atoms with Crippen LogP contribution in [0.25, 0.3) is 0 Å². The fourth-order valence-corrected chi connectivity index (χ4v) is 1.53. The van der Waals surface area contributed by atoms with E-state index < -0.39 is 11.8 Å². The second-order valence-electron chi connectivity index (χ2n) is 4.83. The molecule has 0 spiro atoms. The van der Waals surface area contributed by atoms with Crippen molar-refractivity contribution in [1.29, 1.82) is 0 Å². The first-order chi connectivity index (χ1) is 8.95. The van der Waals surface area contributed by atoms with Crippen LogP contribution in [0.3, 0.4) is 0 Å². The number of hydrogen-bond donors (Lipinski definition) is 1. The number of rotatable bonds is 12. The topological polar surface area (TPSA) is 49.0 Å². The summed E-state index contributed by atoms with van der Waals surface area (Å²) in [4.78, 5) is 0. The van der Waals surface area contributed by atoms with Gasteiger partial charge in [0.2, 0.25) is 11.8 Å². The van der Waals surface area contributed by atoms with Gasteiger partial charge in [0.1, 0.15) is 0 Å². The predicted molar refractivity (Wildman–Crippen MR) is 75.7 cm³/mol. The van der Waals surface area contributed by atoms with E-state index in [9.17, 15) is 0 Å². The SMILES string of the molecule is CCCCOC(C)(NC(C)(OC)OCCCC)OC. The molecule has 0 aliphatic heterocycles. The third kappa shape index (κ3) is 7.84. The molecular weight excluding hydrogens is 246 g/mol. The zero-order chi connectivity index (χ0) is 14.8. The van der Waals surface area contributed by atoms with Gasteiger partial charge in [-0.3, -0.25) is 0 Å². The lowest BCUT2D eigenvalue weighted by molar-refractivity contribution is -0.319. The van der Waals surface area contributed by atoms with Gasteiger partial charge in [-0.1, -0.05) is 26.7 Å². The summed E-state index contributed by atoms with van der Waals surface area (Å²) in [6, 6.07) is 0. The number of methoxy groups -OCH3 is 2. The lowest BCUT2D eigenvalue weighted by Gasteiger charge is -2.38. The number of nitrogens with one attached hydrogen (secondary N) is 1. The molecule has 0 aromatic rings. The third-order valence-corrected chi connectivity index (χ3v) is 2.98. The van der Waals surface area contributed by atoms with Crippen molar-refractivity contribution in [2.75, 3.05) is 27.4 Å². The molecule has 2 atom stereocenters. The Morgan fingerprint density at radius 3 is 1.42 bits per heavy atom. The minimum absolute atomic E-state index is 0.628. The van der Waals surface area contributed by atoms with Gasteiger partial charge in [0, 0.05) is 28.1 Å². The van der Waals surface area contributed by atoms with Gasteiger partial charge in [-0.15, -0.1) is 0 Å². The van der Waals surface area contributed by atoms with Gasteiger partial charge in [0.25, 0.3) is 0 Å². The van der Waals surface area contributed by atoms with E-state index in [1.807, 2.05) is 13.8 Å². The molecule has 5 nitrogen and oxygen atoms in total. The molecule has 0 amide bonds. The highest BCUT2D eigenvalue weighted by molar-refractivity contribution is 4.68. The molecule has 0 saturated carbocycles. The summed E-state index contributed by atoms with van der Waals surface area (Å²) in [5.41, 5.74) is 0. The van der Waals surface area contributed by atoms with Crippen LogP contribution >= 0.6 is 0 Å². The van der Waals surface area contributed by atoms with E-state index >= 15 is 0 Å². The molecule has 116 valence electrons. The zero-order valence-electron chi connectivity index (χ0n) is 13.4. The van der Waals surface area contributed by atoms with Crippen LogP contribution in [0.1, 0.15) is 53.4 Å². The average molecular weight is 277 g/mol. The summed E-state index contributed by atoms with van der Waals surface area (Å²) < 4.78 is 22.2. The van der Waals surface area contributed by atoms with Crippen molar-refractivity contribution in [3.8, 4) is 0 Å². The van der Waals surface area contributed by atoms with Crippen molar-refractivity contribution in [2.24, 2.45) is 0 Å². The largest absolute Gasteiger partial charge is 0.341 e. The van der Waals surface area contributed by atoms with Crippen LogP contribution in [-0.2, 0) is 18.9 Å². The van der Waals surface area contributed by atoms with Crippen LogP contribution in [0.15, 0.2) is 0 Å². The molecule has 0 rings (SSSR count). The molecule has 0 saturated heterocycles. The van der Waals surface area contributed by atoms with Crippen LogP contribution in [0, 0.1) is 0 Å². The van der Waals surface area contributed by atoms with Crippen molar-refractivity contribution in [3.63, 3.8) is 0 Å². The Labute approximate surface area is 117 Å². The van der Waals surface area contributed by atoms with E-state index in [1.54, 1.807) is 14.2 Å². The minimum atomic E-state index is -0.924. The summed E-state index contributed by atoms with van der Waals surface area (Å²) in [7, 11) is 3.20.